The second kappa shape index (κ2) is 6.76. The van der Waals surface area contributed by atoms with Gasteiger partial charge in [0.15, 0.2) is 0 Å². The third kappa shape index (κ3) is 3.85. The van der Waals surface area contributed by atoms with Crippen molar-refractivity contribution in [1.29, 1.82) is 0 Å². The van der Waals surface area contributed by atoms with Crippen molar-refractivity contribution in [2.24, 2.45) is 0 Å². The number of nitro benzene ring substituents is 1. The van der Waals surface area contributed by atoms with E-state index in [1.165, 1.54) is 18.2 Å². The molecule has 0 fully saturated rings. The van der Waals surface area contributed by atoms with Crippen LogP contribution >= 0.6 is 23.2 Å². The number of nitro groups is 1. The zero-order chi connectivity index (χ0) is 15.4. The molecule has 0 saturated heterocycles. The SMILES string of the molecule is CNCc1ccc(Oc2ccc(Cl)cc2[N+](=O)[O-])c(Cl)c1. The predicted molar refractivity (Wildman–Crippen MR) is 82.4 cm³/mol. The van der Waals surface area contributed by atoms with Crippen LogP contribution < -0.4 is 10.1 Å². The van der Waals surface area contributed by atoms with Crippen LogP contribution in [0.2, 0.25) is 10.0 Å². The fraction of sp³-hybridized carbons (Fsp3) is 0.143. The largest absolute Gasteiger partial charge is 0.449 e. The third-order valence-corrected chi connectivity index (χ3v) is 3.25. The molecule has 1 N–H and O–H groups in total. The molecule has 0 aromatic heterocycles. The highest BCUT2D eigenvalue weighted by atomic mass is 35.5. The van der Waals surface area contributed by atoms with E-state index in [0.717, 1.165) is 5.56 Å². The van der Waals surface area contributed by atoms with E-state index in [0.29, 0.717) is 17.3 Å². The minimum atomic E-state index is -0.551. The zero-order valence-electron chi connectivity index (χ0n) is 11.1. The summed E-state index contributed by atoms with van der Waals surface area (Å²) in [5.74, 6) is 0.439. The first-order valence-electron chi connectivity index (χ1n) is 6.06. The van der Waals surface area contributed by atoms with Crippen LogP contribution in [0.4, 0.5) is 5.69 Å². The summed E-state index contributed by atoms with van der Waals surface area (Å²) in [7, 11) is 1.83. The van der Waals surface area contributed by atoms with Gasteiger partial charge in [0.2, 0.25) is 5.75 Å². The fourth-order valence-corrected chi connectivity index (χ4v) is 2.19. The van der Waals surface area contributed by atoms with E-state index < -0.39 is 4.92 Å². The molecule has 0 amide bonds. The smallest absolute Gasteiger partial charge is 0.313 e. The molecule has 110 valence electrons. The maximum Gasteiger partial charge on any atom is 0.313 e. The molecule has 0 spiro atoms. The van der Waals surface area contributed by atoms with E-state index in [4.69, 9.17) is 27.9 Å². The average Bonchev–Trinajstić information content (AvgIpc) is 2.43. The molecule has 7 heteroatoms. The second-order valence-corrected chi connectivity index (χ2v) is 5.11. The lowest BCUT2D eigenvalue weighted by Gasteiger charge is -2.09. The molecule has 0 radical (unpaired) electrons. The Bertz CT molecular complexity index is 677. The molecule has 0 aliphatic carbocycles. The van der Waals surface area contributed by atoms with Gasteiger partial charge in [-0.15, -0.1) is 0 Å². The summed E-state index contributed by atoms with van der Waals surface area (Å²) in [6, 6.07) is 9.45. The molecule has 2 rings (SSSR count). The summed E-state index contributed by atoms with van der Waals surface area (Å²) in [5, 5.41) is 14.7. The number of rotatable bonds is 5. The maximum atomic E-state index is 11.0. The van der Waals surface area contributed by atoms with Crippen LogP contribution in [0.1, 0.15) is 5.56 Å². The van der Waals surface area contributed by atoms with Crippen LogP contribution in [0, 0.1) is 10.1 Å². The quantitative estimate of drug-likeness (QED) is 0.652. The first-order chi connectivity index (χ1) is 10.0. The minimum absolute atomic E-state index is 0.0904. The Morgan fingerprint density at radius 3 is 2.52 bits per heavy atom. The molecular weight excluding hydrogens is 315 g/mol. The van der Waals surface area contributed by atoms with Crippen molar-refractivity contribution in [3.63, 3.8) is 0 Å². The van der Waals surface area contributed by atoms with Crippen molar-refractivity contribution in [3.8, 4) is 11.5 Å². The first kappa shape index (κ1) is 15.6. The molecule has 0 aliphatic rings. The van der Waals surface area contributed by atoms with Gasteiger partial charge in [0.25, 0.3) is 0 Å². The lowest BCUT2D eigenvalue weighted by atomic mass is 10.2. The Morgan fingerprint density at radius 1 is 1.19 bits per heavy atom. The van der Waals surface area contributed by atoms with Crippen LogP contribution in [-0.2, 0) is 6.54 Å². The normalized spacial score (nSPS) is 10.4. The summed E-state index contributed by atoms with van der Waals surface area (Å²) >= 11 is 11.9. The molecule has 21 heavy (non-hydrogen) atoms. The molecule has 0 bridgehead atoms. The zero-order valence-corrected chi connectivity index (χ0v) is 12.6. The summed E-state index contributed by atoms with van der Waals surface area (Å²) in [5.41, 5.74) is 0.776. The highest BCUT2D eigenvalue weighted by Crippen LogP contribution is 2.36. The number of benzene rings is 2. The van der Waals surface area contributed by atoms with Gasteiger partial charge in [0.05, 0.1) is 9.95 Å². The van der Waals surface area contributed by atoms with Gasteiger partial charge in [-0.2, -0.15) is 0 Å². The topological polar surface area (TPSA) is 64.4 Å². The van der Waals surface area contributed by atoms with Crippen LogP contribution in [0.3, 0.4) is 0 Å². The molecule has 5 nitrogen and oxygen atoms in total. The fourth-order valence-electron chi connectivity index (χ4n) is 1.78. The average molecular weight is 327 g/mol. The van der Waals surface area contributed by atoms with Gasteiger partial charge in [0.1, 0.15) is 5.75 Å². The van der Waals surface area contributed by atoms with Gasteiger partial charge in [-0.3, -0.25) is 10.1 Å². The Labute approximate surface area is 131 Å². The van der Waals surface area contributed by atoms with Gasteiger partial charge in [0, 0.05) is 17.6 Å². The molecule has 0 heterocycles. The van der Waals surface area contributed by atoms with Crippen LogP contribution in [0.25, 0.3) is 0 Å². The summed E-state index contributed by atoms with van der Waals surface area (Å²) < 4.78 is 5.54. The molecular formula is C14H12Cl2N2O3. The maximum absolute atomic E-state index is 11.0. The molecule has 0 aliphatic heterocycles. The Balaban J connectivity index is 2.32. The Kier molecular flexibility index (Phi) is 5.01. The van der Waals surface area contributed by atoms with Crippen molar-refractivity contribution >= 4 is 28.9 Å². The summed E-state index contributed by atoms with van der Waals surface area (Å²) in [6.45, 7) is 0.668. The second-order valence-electron chi connectivity index (χ2n) is 4.27. The van der Waals surface area contributed by atoms with Gasteiger partial charge >= 0.3 is 5.69 Å². The summed E-state index contributed by atoms with van der Waals surface area (Å²) in [4.78, 5) is 10.5. The monoisotopic (exact) mass is 326 g/mol. The van der Waals surface area contributed by atoms with Crippen molar-refractivity contribution in [2.45, 2.75) is 6.54 Å². The highest BCUT2D eigenvalue weighted by Gasteiger charge is 2.17. The molecule has 0 unspecified atom stereocenters. The number of nitrogens with zero attached hydrogens (tertiary/aromatic N) is 1. The predicted octanol–water partition coefficient (Wildman–Crippen LogP) is 4.41. The number of halogens is 2. The molecule has 0 saturated carbocycles. The minimum Gasteiger partial charge on any atom is -0.449 e. The van der Waals surface area contributed by atoms with Gasteiger partial charge in [-0.1, -0.05) is 29.3 Å². The van der Waals surface area contributed by atoms with Crippen LogP contribution in [0.5, 0.6) is 11.5 Å². The van der Waals surface area contributed by atoms with E-state index >= 15 is 0 Å². The van der Waals surface area contributed by atoms with Crippen molar-refractivity contribution in [1.82, 2.24) is 5.32 Å². The number of ether oxygens (including phenoxy) is 1. The van der Waals surface area contributed by atoms with E-state index in [1.54, 1.807) is 12.1 Å². The van der Waals surface area contributed by atoms with Gasteiger partial charge in [-0.25, -0.2) is 0 Å². The first-order valence-corrected chi connectivity index (χ1v) is 6.81. The van der Waals surface area contributed by atoms with E-state index in [-0.39, 0.29) is 16.5 Å². The van der Waals surface area contributed by atoms with Crippen molar-refractivity contribution in [2.75, 3.05) is 7.05 Å². The van der Waals surface area contributed by atoms with Crippen LogP contribution in [-0.4, -0.2) is 12.0 Å². The highest BCUT2D eigenvalue weighted by molar-refractivity contribution is 6.32. The Morgan fingerprint density at radius 2 is 1.90 bits per heavy atom. The van der Waals surface area contributed by atoms with Gasteiger partial charge < -0.3 is 10.1 Å². The van der Waals surface area contributed by atoms with E-state index in [1.807, 2.05) is 13.1 Å². The Hall–Kier alpha value is -1.82. The van der Waals surface area contributed by atoms with Crippen molar-refractivity contribution in [3.05, 3.63) is 62.1 Å². The molecule has 2 aromatic rings. The van der Waals surface area contributed by atoms with E-state index in [2.05, 4.69) is 5.32 Å². The van der Waals surface area contributed by atoms with E-state index in [9.17, 15) is 10.1 Å². The number of hydrogen-bond acceptors (Lipinski definition) is 4. The van der Waals surface area contributed by atoms with Gasteiger partial charge in [-0.05, 0) is 36.9 Å². The summed E-state index contributed by atoms with van der Waals surface area (Å²) in [6.07, 6.45) is 0. The van der Waals surface area contributed by atoms with Crippen LogP contribution in [0.15, 0.2) is 36.4 Å². The molecule has 2 aromatic carbocycles. The standard InChI is InChI=1S/C14H12Cl2N2O3/c1-17-8-9-2-4-13(11(16)6-9)21-14-5-3-10(15)7-12(14)18(19)20/h2-7,17H,8H2,1H3. The molecule has 0 atom stereocenters. The lowest BCUT2D eigenvalue weighted by molar-refractivity contribution is -0.385. The number of nitrogens with one attached hydrogen (secondary N) is 1. The lowest BCUT2D eigenvalue weighted by Crippen LogP contribution is -2.04. The number of hydrogen-bond donors (Lipinski definition) is 1. The van der Waals surface area contributed by atoms with Crippen molar-refractivity contribution < 1.29 is 9.66 Å². The third-order valence-electron chi connectivity index (χ3n) is 2.71.